The fraction of sp³-hybridized carbons (Fsp3) is 0.786. The molecular formula is C14H27N2O2+. The van der Waals surface area contributed by atoms with Crippen LogP contribution in [0.3, 0.4) is 0 Å². The van der Waals surface area contributed by atoms with Gasteiger partial charge in [0.2, 0.25) is 0 Å². The van der Waals surface area contributed by atoms with Gasteiger partial charge in [-0.1, -0.05) is 20.3 Å². The molecule has 2 atom stereocenters. The predicted molar refractivity (Wildman–Crippen MR) is 77.2 cm³/mol. The van der Waals surface area contributed by atoms with Crippen molar-refractivity contribution in [3.8, 4) is 0 Å². The highest BCUT2D eigenvalue weighted by atomic mass is 16.6. The van der Waals surface area contributed by atoms with E-state index in [0.29, 0.717) is 12.3 Å². The molecule has 0 bridgehead atoms. The Bertz CT molecular complexity index is 301. The molecule has 2 unspecified atom stereocenters. The lowest BCUT2D eigenvalue weighted by atomic mass is 9.98. The highest BCUT2D eigenvalue weighted by Gasteiger charge is 2.20. The first kappa shape index (κ1) is 16.7. The Morgan fingerprint density at radius 1 is 1.50 bits per heavy atom. The molecule has 0 radical (unpaired) electrons. The maximum absolute atomic E-state index is 11.7. The van der Waals surface area contributed by atoms with E-state index in [4.69, 9.17) is 4.74 Å². The van der Waals surface area contributed by atoms with Crippen molar-refractivity contribution in [3.05, 3.63) is 0 Å². The number of carbonyl (C=O) groups is 1. The Labute approximate surface area is 111 Å². The first-order valence-electron chi connectivity index (χ1n) is 6.55. The van der Waals surface area contributed by atoms with E-state index in [9.17, 15) is 4.79 Å². The molecule has 4 heteroatoms. The highest BCUT2D eigenvalue weighted by Crippen LogP contribution is 2.13. The second-order valence-corrected chi connectivity index (χ2v) is 5.69. The summed E-state index contributed by atoms with van der Waals surface area (Å²) in [4.78, 5) is 11.7. The van der Waals surface area contributed by atoms with Gasteiger partial charge < -0.3 is 10.1 Å². The van der Waals surface area contributed by atoms with Gasteiger partial charge in [0.25, 0.3) is 12.9 Å². The molecule has 0 aromatic carbocycles. The third kappa shape index (κ3) is 8.82. The maximum atomic E-state index is 11.7. The molecule has 104 valence electrons. The van der Waals surface area contributed by atoms with E-state index in [0.717, 1.165) is 12.8 Å². The SMILES string of the molecule is C=[N+]=CCC(CC(C)CC)NC(=O)OC(C)(C)C. The Morgan fingerprint density at radius 2 is 2.11 bits per heavy atom. The predicted octanol–water partition coefficient (Wildman–Crippen LogP) is 2.54. The molecule has 0 aliphatic heterocycles. The Hall–Kier alpha value is -1.28. The van der Waals surface area contributed by atoms with Crippen molar-refractivity contribution >= 4 is 19.0 Å². The van der Waals surface area contributed by atoms with Crippen LogP contribution in [0, 0.1) is 5.92 Å². The summed E-state index contributed by atoms with van der Waals surface area (Å²) < 4.78 is 8.98. The topological polar surface area (TPSA) is 52.4 Å². The molecule has 0 aliphatic rings. The molecule has 1 N–H and O–H groups in total. The van der Waals surface area contributed by atoms with Gasteiger partial charge in [0.1, 0.15) is 5.60 Å². The van der Waals surface area contributed by atoms with Crippen LogP contribution in [0.5, 0.6) is 0 Å². The molecule has 18 heavy (non-hydrogen) atoms. The van der Waals surface area contributed by atoms with Gasteiger partial charge in [0.05, 0.1) is 6.42 Å². The third-order valence-corrected chi connectivity index (χ3v) is 2.62. The zero-order valence-electron chi connectivity index (χ0n) is 12.3. The van der Waals surface area contributed by atoms with Gasteiger partial charge in [-0.2, -0.15) is 0 Å². The number of hydrogen-bond donors (Lipinski definition) is 1. The number of hydrogen-bond acceptors (Lipinski definition) is 2. The van der Waals surface area contributed by atoms with Crippen LogP contribution < -0.4 is 9.98 Å². The molecule has 0 aromatic heterocycles. The molecule has 0 aliphatic carbocycles. The molecule has 0 heterocycles. The Morgan fingerprint density at radius 3 is 2.56 bits per heavy atom. The molecule has 0 spiro atoms. The summed E-state index contributed by atoms with van der Waals surface area (Å²) in [6.45, 7) is 13.3. The van der Waals surface area contributed by atoms with Crippen LogP contribution in [0.15, 0.2) is 0 Å². The summed E-state index contributed by atoms with van der Waals surface area (Å²) in [7, 11) is 0. The van der Waals surface area contributed by atoms with Crippen molar-refractivity contribution in [3.63, 3.8) is 0 Å². The zero-order chi connectivity index (χ0) is 14.2. The van der Waals surface area contributed by atoms with Gasteiger partial charge in [-0.15, -0.1) is 4.67 Å². The summed E-state index contributed by atoms with van der Waals surface area (Å²) in [5.74, 6) is 0.558. The molecule has 0 aromatic rings. The van der Waals surface area contributed by atoms with Crippen molar-refractivity contribution in [2.75, 3.05) is 0 Å². The van der Waals surface area contributed by atoms with Crippen LogP contribution in [-0.2, 0) is 4.74 Å². The number of nitrogens with one attached hydrogen (secondary N) is 1. The van der Waals surface area contributed by atoms with Crippen LogP contribution >= 0.6 is 0 Å². The van der Waals surface area contributed by atoms with Crippen molar-refractivity contribution in [1.82, 2.24) is 9.98 Å². The Balaban J connectivity index is 4.38. The molecule has 4 nitrogen and oxygen atoms in total. The van der Waals surface area contributed by atoms with Crippen molar-refractivity contribution in [2.24, 2.45) is 5.92 Å². The molecule has 0 fully saturated rings. The van der Waals surface area contributed by atoms with Gasteiger partial charge in [-0.25, -0.2) is 4.79 Å². The van der Waals surface area contributed by atoms with Gasteiger partial charge in [-0.3, -0.25) is 0 Å². The molecular weight excluding hydrogens is 228 g/mol. The number of carbonyl (C=O) groups excluding carboxylic acids is 1. The minimum Gasteiger partial charge on any atom is -0.444 e. The van der Waals surface area contributed by atoms with Gasteiger partial charge in [0.15, 0.2) is 0 Å². The first-order chi connectivity index (χ1) is 8.28. The van der Waals surface area contributed by atoms with Crippen LogP contribution in [0.25, 0.3) is 0 Å². The van der Waals surface area contributed by atoms with Gasteiger partial charge in [-0.05, 0) is 33.1 Å². The molecule has 0 saturated carbocycles. The van der Waals surface area contributed by atoms with E-state index in [1.54, 1.807) is 6.21 Å². The van der Waals surface area contributed by atoms with E-state index in [1.807, 2.05) is 20.8 Å². The largest absolute Gasteiger partial charge is 0.444 e. The zero-order valence-corrected chi connectivity index (χ0v) is 12.3. The van der Waals surface area contributed by atoms with E-state index < -0.39 is 5.60 Å². The fourth-order valence-corrected chi connectivity index (χ4v) is 1.54. The fourth-order valence-electron chi connectivity index (χ4n) is 1.54. The maximum Gasteiger partial charge on any atom is 0.407 e. The highest BCUT2D eigenvalue weighted by molar-refractivity contribution is 5.69. The number of amides is 1. The average Bonchev–Trinajstić information content (AvgIpc) is 2.22. The lowest BCUT2D eigenvalue weighted by Crippen LogP contribution is -2.40. The van der Waals surface area contributed by atoms with E-state index in [1.165, 1.54) is 0 Å². The van der Waals surface area contributed by atoms with Crippen LogP contribution in [0.4, 0.5) is 4.79 Å². The first-order valence-corrected chi connectivity index (χ1v) is 6.55. The van der Waals surface area contributed by atoms with Crippen LogP contribution in [-0.4, -0.2) is 30.7 Å². The molecule has 1 amide bonds. The lowest BCUT2D eigenvalue weighted by molar-refractivity contribution is 0.0500. The van der Waals surface area contributed by atoms with Crippen molar-refractivity contribution in [1.29, 1.82) is 0 Å². The summed E-state index contributed by atoms with van der Waals surface area (Å²) in [6, 6.07) is 0.0558. The quantitative estimate of drug-likeness (QED) is 0.586. The number of alkyl carbamates (subject to hydrolysis) is 1. The standard InChI is InChI=1S/C14H26N2O2/c1-7-11(2)10-12(8-9-15-6)16-13(17)18-14(3,4)5/h9,11-12H,6-8,10H2,1-5H3/p+1. The van der Waals surface area contributed by atoms with E-state index >= 15 is 0 Å². The van der Waals surface area contributed by atoms with Gasteiger partial charge >= 0.3 is 6.09 Å². The van der Waals surface area contributed by atoms with Crippen LogP contribution in [0.2, 0.25) is 0 Å². The lowest BCUT2D eigenvalue weighted by Gasteiger charge is -2.23. The molecule has 0 rings (SSSR count). The third-order valence-electron chi connectivity index (χ3n) is 2.62. The summed E-state index contributed by atoms with van der Waals surface area (Å²) in [5.41, 5.74) is -0.467. The van der Waals surface area contributed by atoms with Crippen LogP contribution in [0.1, 0.15) is 53.9 Å². The number of ether oxygens (including phenoxy) is 1. The van der Waals surface area contributed by atoms with Crippen molar-refractivity contribution in [2.45, 2.75) is 65.5 Å². The monoisotopic (exact) mass is 255 g/mol. The Kier molecular flexibility index (Phi) is 7.37. The summed E-state index contributed by atoms with van der Waals surface area (Å²) in [6.07, 6.45) is 4.06. The van der Waals surface area contributed by atoms with E-state index in [2.05, 4.69) is 30.5 Å². The second kappa shape index (κ2) is 7.93. The summed E-state index contributed by atoms with van der Waals surface area (Å²) >= 11 is 0. The minimum atomic E-state index is -0.467. The number of rotatable bonds is 6. The van der Waals surface area contributed by atoms with E-state index in [-0.39, 0.29) is 12.1 Å². The second-order valence-electron chi connectivity index (χ2n) is 5.69. The number of nitrogens with zero attached hydrogens (tertiary/aromatic N) is 1. The smallest absolute Gasteiger partial charge is 0.407 e. The average molecular weight is 255 g/mol. The minimum absolute atomic E-state index is 0.0558. The summed E-state index contributed by atoms with van der Waals surface area (Å²) in [5, 5.41) is 2.89. The molecule has 0 saturated heterocycles. The van der Waals surface area contributed by atoms with Gasteiger partial charge in [0, 0.05) is 6.04 Å². The normalized spacial score (nSPS) is 14.3. The van der Waals surface area contributed by atoms with Crippen molar-refractivity contribution < 1.29 is 9.53 Å².